The van der Waals surface area contributed by atoms with Gasteiger partial charge < -0.3 is 24.8 Å². The Morgan fingerprint density at radius 3 is 2.38 bits per heavy atom. The first-order chi connectivity index (χ1) is 12.6. The molecule has 2 rings (SSSR count). The topological polar surface area (TPSA) is 68.8 Å². The monoisotopic (exact) mass is 378 g/mol. The summed E-state index contributed by atoms with van der Waals surface area (Å²) in [6.07, 6.45) is 0.309. The van der Waals surface area contributed by atoms with E-state index >= 15 is 0 Å². The van der Waals surface area contributed by atoms with Crippen LogP contribution in [0.25, 0.3) is 0 Å². The lowest BCUT2D eigenvalue weighted by atomic mass is 10.2. The molecule has 0 radical (unpaired) electrons. The van der Waals surface area contributed by atoms with Crippen LogP contribution in [0.3, 0.4) is 0 Å². The van der Waals surface area contributed by atoms with Gasteiger partial charge in [0.1, 0.15) is 17.2 Å². The second kappa shape index (κ2) is 9.89. The number of amides is 1. The summed E-state index contributed by atoms with van der Waals surface area (Å²) in [6, 6.07) is 11.0. The molecule has 0 aromatic heterocycles. The summed E-state index contributed by atoms with van der Waals surface area (Å²) in [6.45, 7) is 1.15. The van der Waals surface area contributed by atoms with Crippen LogP contribution < -0.4 is 24.8 Å². The number of anilines is 1. The number of carbonyl (C=O) groups excluding carboxylic acids is 1. The molecule has 0 bridgehead atoms. The number of para-hydroxylation sites is 1. The average molecular weight is 379 g/mol. The lowest BCUT2D eigenvalue weighted by molar-refractivity contribution is -0.116. The predicted molar refractivity (Wildman–Crippen MR) is 103 cm³/mol. The van der Waals surface area contributed by atoms with Crippen molar-refractivity contribution in [3.05, 3.63) is 47.0 Å². The quantitative estimate of drug-likeness (QED) is 0.654. The lowest BCUT2D eigenvalue weighted by Crippen LogP contribution is -2.22. The second-order valence-corrected chi connectivity index (χ2v) is 5.88. The molecule has 0 aliphatic heterocycles. The highest BCUT2D eigenvalue weighted by molar-refractivity contribution is 6.32. The van der Waals surface area contributed by atoms with E-state index in [1.165, 1.54) is 14.2 Å². The van der Waals surface area contributed by atoms with Crippen LogP contribution in [-0.4, -0.2) is 33.8 Å². The SMILES string of the molecule is COc1cc(NC(=O)CCNCc2ccccc2OC)c(OC)cc1Cl. The van der Waals surface area contributed by atoms with Crippen molar-refractivity contribution in [3.63, 3.8) is 0 Å². The summed E-state index contributed by atoms with van der Waals surface area (Å²) in [5.41, 5.74) is 1.56. The number of nitrogens with one attached hydrogen (secondary N) is 2. The number of hydrogen-bond acceptors (Lipinski definition) is 5. The van der Waals surface area contributed by atoms with Crippen LogP contribution in [0.1, 0.15) is 12.0 Å². The van der Waals surface area contributed by atoms with Crippen LogP contribution in [0.2, 0.25) is 5.02 Å². The molecule has 140 valence electrons. The summed E-state index contributed by atoms with van der Waals surface area (Å²) in [5.74, 6) is 1.63. The fourth-order valence-electron chi connectivity index (χ4n) is 2.44. The summed E-state index contributed by atoms with van der Waals surface area (Å²) < 4.78 is 15.7. The minimum absolute atomic E-state index is 0.139. The standard InChI is InChI=1S/C19H23ClN2O4/c1-24-16-7-5-4-6-13(16)12-21-9-8-19(23)22-15-11-17(25-2)14(20)10-18(15)26-3/h4-7,10-11,21H,8-9,12H2,1-3H3,(H,22,23). The zero-order chi connectivity index (χ0) is 18.9. The molecule has 2 aromatic carbocycles. The van der Waals surface area contributed by atoms with E-state index < -0.39 is 0 Å². The fourth-order valence-corrected chi connectivity index (χ4v) is 2.68. The second-order valence-electron chi connectivity index (χ2n) is 5.47. The zero-order valence-corrected chi connectivity index (χ0v) is 15.9. The van der Waals surface area contributed by atoms with Crippen molar-refractivity contribution in [3.8, 4) is 17.2 Å². The maximum absolute atomic E-state index is 12.2. The Bertz CT molecular complexity index is 752. The van der Waals surface area contributed by atoms with Crippen molar-refractivity contribution < 1.29 is 19.0 Å². The van der Waals surface area contributed by atoms with Crippen LogP contribution in [0, 0.1) is 0 Å². The van der Waals surface area contributed by atoms with Gasteiger partial charge in [-0.25, -0.2) is 0 Å². The molecule has 2 N–H and O–H groups in total. The third-order valence-corrected chi connectivity index (χ3v) is 4.08. The van der Waals surface area contributed by atoms with E-state index in [0.717, 1.165) is 11.3 Å². The Morgan fingerprint density at radius 2 is 1.69 bits per heavy atom. The maximum Gasteiger partial charge on any atom is 0.225 e. The molecule has 0 unspecified atom stereocenters. The van der Waals surface area contributed by atoms with Gasteiger partial charge in [0.2, 0.25) is 5.91 Å². The van der Waals surface area contributed by atoms with Crippen LogP contribution in [0.15, 0.2) is 36.4 Å². The van der Waals surface area contributed by atoms with Gasteiger partial charge in [-0.1, -0.05) is 29.8 Å². The normalized spacial score (nSPS) is 10.3. The predicted octanol–water partition coefficient (Wildman–Crippen LogP) is 3.48. The van der Waals surface area contributed by atoms with Crippen molar-refractivity contribution >= 4 is 23.2 Å². The van der Waals surface area contributed by atoms with E-state index in [1.54, 1.807) is 19.2 Å². The summed E-state index contributed by atoms with van der Waals surface area (Å²) in [7, 11) is 4.67. The van der Waals surface area contributed by atoms with Gasteiger partial charge in [-0.15, -0.1) is 0 Å². The van der Waals surface area contributed by atoms with Crippen molar-refractivity contribution in [2.24, 2.45) is 0 Å². The molecule has 0 saturated heterocycles. The van der Waals surface area contributed by atoms with Crippen molar-refractivity contribution in [2.75, 3.05) is 33.2 Å². The number of carbonyl (C=O) groups is 1. The molecule has 0 spiro atoms. The Balaban J connectivity index is 1.87. The molecule has 2 aromatic rings. The van der Waals surface area contributed by atoms with Crippen LogP contribution in [-0.2, 0) is 11.3 Å². The van der Waals surface area contributed by atoms with Gasteiger partial charge in [-0.3, -0.25) is 4.79 Å². The summed E-state index contributed by atoms with van der Waals surface area (Å²) in [4.78, 5) is 12.2. The first-order valence-electron chi connectivity index (χ1n) is 8.13. The van der Waals surface area contributed by atoms with Gasteiger partial charge in [0, 0.05) is 37.2 Å². The van der Waals surface area contributed by atoms with Crippen molar-refractivity contribution in [2.45, 2.75) is 13.0 Å². The number of halogens is 1. The number of benzene rings is 2. The Labute approximate surface area is 158 Å². The molecule has 0 atom stereocenters. The maximum atomic E-state index is 12.2. The molecule has 6 nitrogen and oxygen atoms in total. The number of hydrogen-bond donors (Lipinski definition) is 2. The molecule has 0 saturated carbocycles. The first kappa shape index (κ1) is 19.9. The van der Waals surface area contributed by atoms with E-state index in [4.69, 9.17) is 25.8 Å². The molecule has 7 heteroatoms. The van der Waals surface area contributed by atoms with E-state index in [0.29, 0.717) is 41.7 Å². The largest absolute Gasteiger partial charge is 0.496 e. The number of ether oxygens (including phenoxy) is 3. The van der Waals surface area contributed by atoms with E-state index in [1.807, 2.05) is 24.3 Å². The van der Waals surface area contributed by atoms with Gasteiger partial charge >= 0.3 is 0 Å². The van der Waals surface area contributed by atoms with E-state index in [9.17, 15) is 4.79 Å². The van der Waals surface area contributed by atoms with Crippen LogP contribution in [0.4, 0.5) is 5.69 Å². The zero-order valence-electron chi connectivity index (χ0n) is 15.1. The third-order valence-electron chi connectivity index (χ3n) is 3.78. The highest BCUT2D eigenvalue weighted by atomic mass is 35.5. The van der Waals surface area contributed by atoms with E-state index in [2.05, 4.69) is 10.6 Å². The molecule has 0 heterocycles. The van der Waals surface area contributed by atoms with Gasteiger partial charge in [-0.05, 0) is 6.07 Å². The highest BCUT2D eigenvalue weighted by Crippen LogP contribution is 2.35. The Morgan fingerprint density at radius 1 is 1.00 bits per heavy atom. The van der Waals surface area contributed by atoms with Crippen LogP contribution in [0.5, 0.6) is 17.2 Å². The first-order valence-corrected chi connectivity index (χ1v) is 8.50. The fraction of sp³-hybridized carbons (Fsp3) is 0.316. The Kier molecular flexibility index (Phi) is 7.56. The van der Waals surface area contributed by atoms with Gasteiger partial charge in [0.05, 0.1) is 32.0 Å². The van der Waals surface area contributed by atoms with Gasteiger partial charge in [0.15, 0.2) is 0 Å². The van der Waals surface area contributed by atoms with Gasteiger partial charge in [-0.2, -0.15) is 0 Å². The minimum atomic E-state index is -0.139. The van der Waals surface area contributed by atoms with Gasteiger partial charge in [0.25, 0.3) is 0 Å². The lowest BCUT2D eigenvalue weighted by Gasteiger charge is -2.13. The minimum Gasteiger partial charge on any atom is -0.496 e. The molecular weight excluding hydrogens is 356 g/mol. The molecule has 26 heavy (non-hydrogen) atoms. The summed E-state index contributed by atoms with van der Waals surface area (Å²) >= 11 is 6.06. The Hall–Kier alpha value is -2.44. The van der Waals surface area contributed by atoms with E-state index in [-0.39, 0.29) is 5.91 Å². The van der Waals surface area contributed by atoms with Crippen LogP contribution >= 0.6 is 11.6 Å². The molecule has 1 amide bonds. The molecular formula is C19H23ClN2O4. The summed E-state index contributed by atoms with van der Waals surface area (Å²) in [5, 5.41) is 6.47. The average Bonchev–Trinajstić information content (AvgIpc) is 2.66. The molecule has 0 aliphatic rings. The number of methoxy groups -OCH3 is 3. The van der Waals surface area contributed by atoms with Crippen molar-refractivity contribution in [1.29, 1.82) is 0 Å². The number of rotatable bonds is 9. The highest BCUT2D eigenvalue weighted by Gasteiger charge is 2.12. The molecule has 0 aliphatic carbocycles. The van der Waals surface area contributed by atoms with Crippen molar-refractivity contribution in [1.82, 2.24) is 5.32 Å². The smallest absolute Gasteiger partial charge is 0.225 e. The molecule has 0 fully saturated rings. The third kappa shape index (κ3) is 5.28.